The lowest BCUT2D eigenvalue weighted by Gasteiger charge is -2.09. The van der Waals surface area contributed by atoms with E-state index in [0.717, 1.165) is 0 Å². The first-order chi connectivity index (χ1) is 7.77. The molecule has 0 atom stereocenters. The number of ether oxygens (including phenoxy) is 2. The standard InChI is InChI=1S/C10H11N3O3/c1-14-7-4-12-5-8(15-2)9(7)10-6(11)3-13-16-10/h3-5H,11H2,1-2H3. The maximum Gasteiger partial charge on any atom is 0.197 e. The van der Waals surface area contributed by atoms with E-state index in [9.17, 15) is 0 Å². The number of hydrogen-bond acceptors (Lipinski definition) is 6. The highest BCUT2D eigenvalue weighted by Gasteiger charge is 2.19. The van der Waals surface area contributed by atoms with Gasteiger partial charge in [0.2, 0.25) is 0 Å². The lowest BCUT2D eigenvalue weighted by Crippen LogP contribution is -1.95. The second-order valence-corrected chi connectivity index (χ2v) is 3.03. The number of pyridine rings is 1. The Hall–Kier alpha value is -2.24. The topological polar surface area (TPSA) is 83.4 Å². The van der Waals surface area contributed by atoms with Gasteiger partial charge in [0.25, 0.3) is 0 Å². The molecule has 0 saturated heterocycles. The SMILES string of the molecule is COc1cncc(OC)c1-c1oncc1N. The molecule has 6 heteroatoms. The van der Waals surface area contributed by atoms with Crippen LogP contribution < -0.4 is 15.2 Å². The fourth-order valence-corrected chi connectivity index (χ4v) is 1.39. The maximum atomic E-state index is 5.73. The Balaban J connectivity index is 2.66. The van der Waals surface area contributed by atoms with Crippen LogP contribution in [-0.4, -0.2) is 24.4 Å². The summed E-state index contributed by atoms with van der Waals surface area (Å²) < 4.78 is 15.4. The summed E-state index contributed by atoms with van der Waals surface area (Å²) in [5, 5.41) is 3.62. The van der Waals surface area contributed by atoms with Gasteiger partial charge in [0.1, 0.15) is 11.3 Å². The number of rotatable bonds is 3. The number of methoxy groups -OCH3 is 2. The van der Waals surface area contributed by atoms with Crippen molar-refractivity contribution >= 4 is 5.69 Å². The molecule has 0 aliphatic heterocycles. The van der Waals surface area contributed by atoms with Crippen LogP contribution >= 0.6 is 0 Å². The van der Waals surface area contributed by atoms with Gasteiger partial charge in [-0.1, -0.05) is 5.16 Å². The molecule has 2 heterocycles. The second-order valence-electron chi connectivity index (χ2n) is 3.03. The van der Waals surface area contributed by atoms with Crippen LogP contribution in [0.3, 0.4) is 0 Å². The van der Waals surface area contributed by atoms with Crippen molar-refractivity contribution in [1.29, 1.82) is 0 Å². The molecule has 0 fully saturated rings. The minimum Gasteiger partial charge on any atom is -0.494 e. The van der Waals surface area contributed by atoms with Crippen molar-refractivity contribution < 1.29 is 14.0 Å². The average Bonchev–Trinajstić information content (AvgIpc) is 2.74. The molecule has 2 aromatic heterocycles. The van der Waals surface area contributed by atoms with Gasteiger partial charge < -0.3 is 19.7 Å². The quantitative estimate of drug-likeness (QED) is 0.841. The zero-order valence-electron chi connectivity index (χ0n) is 8.93. The lowest BCUT2D eigenvalue weighted by atomic mass is 10.1. The predicted octanol–water partition coefficient (Wildman–Crippen LogP) is 1.34. The molecule has 2 rings (SSSR count). The van der Waals surface area contributed by atoms with Gasteiger partial charge in [-0.05, 0) is 0 Å². The third kappa shape index (κ3) is 1.54. The highest BCUT2D eigenvalue weighted by atomic mass is 16.5. The third-order valence-corrected chi connectivity index (χ3v) is 2.14. The first-order valence-corrected chi connectivity index (χ1v) is 4.54. The van der Waals surface area contributed by atoms with Crippen molar-refractivity contribution in [2.75, 3.05) is 20.0 Å². The van der Waals surface area contributed by atoms with Crippen LogP contribution in [-0.2, 0) is 0 Å². The molecule has 0 aliphatic rings. The summed E-state index contributed by atoms with van der Waals surface area (Å²) in [5.74, 6) is 1.45. The molecular weight excluding hydrogens is 210 g/mol. The molecule has 0 unspecified atom stereocenters. The molecule has 0 radical (unpaired) electrons. The Morgan fingerprint density at radius 3 is 2.19 bits per heavy atom. The Bertz CT molecular complexity index is 474. The van der Waals surface area contributed by atoms with E-state index in [4.69, 9.17) is 19.7 Å². The molecule has 0 aliphatic carbocycles. The van der Waals surface area contributed by atoms with Gasteiger partial charge in [0.05, 0.1) is 32.8 Å². The highest BCUT2D eigenvalue weighted by Crippen LogP contribution is 2.39. The molecule has 16 heavy (non-hydrogen) atoms. The largest absolute Gasteiger partial charge is 0.494 e. The summed E-state index contributed by atoms with van der Waals surface area (Å²) in [7, 11) is 3.07. The van der Waals surface area contributed by atoms with Crippen LogP contribution in [0.2, 0.25) is 0 Å². The summed E-state index contributed by atoms with van der Waals surface area (Å²) in [6.45, 7) is 0. The van der Waals surface area contributed by atoms with Gasteiger partial charge in [0, 0.05) is 0 Å². The van der Waals surface area contributed by atoms with E-state index in [0.29, 0.717) is 28.5 Å². The highest BCUT2D eigenvalue weighted by molar-refractivity contribution is 5.79. The van der Waals surface area contributed by atoms with Crippen molar-refractivity contribution in [2.45, 2.75) is 0 Å². The van der Waals surface area contributed by atoms with E-state index >= 15 is 0 Å². The molecule has 2 N–H and O–H groups in total. The number of nitrogen functional groups attached to an aromatic ring is 1. The summed E-state index contributed by atoms with van der Waals surface area (Å²) in [4.78, 5) is 3.97. The normalized spacial score (nSPS) is 10.1. The van der Waals surface area contributed by atoms with Crippen molar-refractivity contribution in [3.05, 3.63) is 18.6 Å². The summed E-state index contributed by atoms with van der Waals surface area (Å²) >= 11 is 0. The van der Waals surface area contributed by atoms with Crippen molar-refractivity contribution in [1.82, 2.24) is 10.1 Å². The zero-order chi connectivity index (χ0) is 11.5. The zero-order valence-corrected chi connectivity index (χ0v) is 8.93. The van der Waals surface area contributed by atoms with Crippen molar-refractivity contribution in [3.8, 4) is 22.8 Å². The summed E-state index contributed by atoms with van der Waals surface area (Å²) in [6.07, 6.45) is 4.54. The molecule has 0 amide bonds. The molecular formula is C10H11N3O3. The van der Waals surface area contributed by atoms with E-state index in [1.54, 1.807) is 12.4 Å². The minimum absolute atomic E-state index is 0.413. The Morgan fingerprint density at radius 1 is 1.12 bits per heavy atom. The van der Waals surface area contributed by atoms with Gasteiger partial charge >= 0.3 is 0 Å². The van der Waals surface area contributed by atoms with Gasteiger partial charge in [-0.2, -0.15) is 0 Å². The van der Waals surface area contributed by atoms with Crippen molar-refractivity contribution in [2.24, 2.45) is 0 Å². The van der Waals surface area contributed by atoms with Gasteiger partial charge in [0.15, 0.2) is 17.3 Å². The Morgan fingerprint density at radius 2 is 1.75 bits per heavy atom. The number of nitrogens with two attached hydrogens (primary N) is 1. The van der Waals surface area contributed by atoms with Crippen LogP contribution in [0.5, 0.6) is 11.5 Å². The lowest BCUT2D eigenvalue weighted by molar-refractivity contribution is 0.384. The summed E-state index contributed by atoms with van der Waals surface area (Å²) in [5.41, 5.74) is 6.76. The molecule has 84 valence electrons. The number of aromatic nitrogens is 2. The third-order valence-electron chi connectivity index (χ3n) is 2.14. The predicted molar refractivity (Wildman–Crippen MR) is 57.3 cm³/mol. The van der Waals surface area contributed by atoms with Crippen LogP contribution in [0.25, 0.3) is 11.3 Å². The van der Waals surface area contributed by atoms with E-state index < -0.39 is 0 Å². The minimum atomic E-state index is 0.413. The van der Waals surface area contributed by atoms with Gasteiger partial charge in [-0.25, -0.2) is 0 Å². The Kier molecular flexibility index (Phi) is 2.63. The van der Waals surface area contributed by atoms with Gasteiger partial charge in [-0.15, -0.1) is 0 Å². The van der Waals surface area contributed by atoms with E-state index in [1.807, 2.05) is 0 Å². The summed E-state index contributed by atoms with van der Waals surface area (Å²) in [6, 6.07) is 0. The molecule has 0 saturated carbocycles. The van der Waals surface area contributed by atoms with E-state index in [2.05, 4.69) is 10.1 Å². The molecule has 2 aromatic rings. The first-order valence-electron chi connectivity index (χ1n) is 4.54. The maximum absolute atomic E-state index is 5.73. The Labute approximate surface area is 92.0 Å². The fraction of sp³-hybridized carbons (Fsp3) is 0.200. The fourth-order valence-electron chi connectivity index (χ4n) is 1.39. The monoisotopic (exact) mass is 221 g/mol. The van der Waals surface area contributed by atoms with Crippen LogP contribution in [0.4, 0.5) is 5.69 Å². The molecule has 6 nitrogen and oxygen atoms in total. The number of hydrogen-bond donors (Lipinski definition) is 1. The van der Waals surface area contributed by atoms with Crippen LogP contribution in [0.1, 0.15) is 0 Å². The number of nitrogens with zero attached hydrogens (tertiary/aromatic N) is 2. The first kappa shape index (κ1) is 10.3. The van der Waals surface area contributed by atoms with E-state index in [-0.39, 0.29) is 0 Å². The average molecular weight is 221 g/mol. The number of anilines is 1. The molecule has 0 aromatic carbocycles. The molecule has 0 spiro atoms. The van der Waals surface area contributed by atoms with Gasteiger partial charge in [-0.3, -0.25) is 4.98 Å². The van der Waals surface area contributed by atoms with Crippen LogP contribution in [0.15, 0.2) is 23.1 Å². The van der Waals surface area contributed by atoms with E-state index in [1.165, 1.54) is 20.4 Å². The second kappa shape index (κ2) is 4.09. The smallest absolute Gasteiger partial charge is 0.197 e. The van der Waals surface area contributed by atoms with Crippen LogP contribution in [0, 0.1) is 0 Å². The van der Waals surface area contributed by atoms with Crippen molar-refractivity contribution in [3.63, 3.8) is 0 Å². The molecule has 0 bridgehead atoms.